The highest BCUT2D eigenvalue weighted by atomic mass is 32.1. The predicted molar refractivity (Wildman–Crippen MR) is 110 cm³/mol. The second-order valence-corrected chi connectivity index (χ2v) is 7.75. The van der Waals surface area contributed by atoms with E-state index in [-0.39, 0.29) is 24.0 Å². The minimum absolute atomic E-state index is 0.143. The molecule has 2 atom stereocenters. The third kappa shape index (κ3) is 4.23. The molecule has 0 radical (unpaired) electrons. The van der Waals surface area contributed by atoms with Crippen molar-refractivity contribution in [1.82, 2.24) is 20.0 Å². The highest BCUT2D eigenvalue weighted by molar-refractivity contribution is 7.07. The molecule has 4 rings (SSSR count). The fraction of sp³-hybridized carbons (Fsp3) is 0.286. The van der Waals surface area contributed by atoms with Crippen molar-refractivity contribution in [3.05, 3.63) is 70.7 Å². The minimum Gasteiger partial charge on any atom is -0.468 e. The minimum atomic E-state index is -0.369. The number of hydrogen-bond acceptors (Lipinski definition) is 6. The second kappa shape index (κ2) is 8.59. The van der Waals surface area contributed by atoms with Crippen LogP contribution in [0, 0.1) is 0 Å². The van der Waals surface area contributed by atoms with E-state index in [2.05, 4.69) is 20.7 Å². The molecule has 1 aliphatic heterocycles. The first kappa shape index (κ1) is 19.4. The lowest BCUT2D eigenvalue weighted by Crippen LogP contribution is -2.38. The molecule has 1 amide bonds. The van der Waals surface area contributed by atoms with E-state index >= 15 is 0 Å². The van der Waals surface area contributed by atoms with Gasteiger partial charge in [-0.15, -0.1) is 0 Å². The number of nitrogens with zero attached hydrogens (tertiary/aromatic N) is 3. The van der Waals surface area contributed by atoms with Crippen molar-refractivity contribution in [2.45, 2.75) is 25.0 Å². The number of thiophene rings is 1. The zero-order chi connectivity index (χ0) is 20.2. The van der Waals surface area contributed by atoms with Gasteiger partial charge in [-0.05, 0) is 47.0 Å². The van der Waals surface area contributed by atoms with E-state index in [0.29, 0.717) is 30.8 Å². The van der Waals surface area contributed by atoms with Gasteiger partial charge < -0.3 is 10.1 Å². The van der Waals surface area contributed by atoms with E-state index in [9.17, 15) is 9.59 Å². The molecule has 0 spiro atoms. The van der Waals surface area contributed by atoms with Gasteiger partial charge in [0.2, 0.25) is 0 Å². The Balaban J connectivity index is 1.49. The van der Waals surface area contributed by atoms with Crippen LogP contribution in [0.25, 0.3) is 5.69 Å². The lowest BCUT2D eigenvalue weighted by Gasteiger charge is -2.21. The van der Waals surface area contributed by atoms with Gasteiger partial charge in [-0.2, -0.15) is 16.4 Å². The Morgan fingerprint density at radius 2 is 2.14 bits per heavy atom. The third-order valence-electron chi connectivity index (χ3n) is 5.08. The fourth-order valence-electron chi connectivity index (χ4n) is 3.72. The molecule has 3 aromatic rings. The highest BCUT2D eigenvalue weighted by Gasteiger charge is 2.38. The Morgan fingerprint density at radius 3 is 2.86 bits per heavy atom. The molecule has 1 N–H and O–H groups in total. The Kier molecular flexibility index (Phi) is 5.73. The number of esters is 1. The average Bonchev–Trinajstić information content (AvgIpc) is 3.50. The number of aromatic nitrogens is 2. The van der Waals surface area contributed by atoms with Crippen molar-refractivity contribution < 1.29 is 14.3 Å². The predicted octanol–water partition coefficient (Wildman–Crippen LogP) is 2.48. The molecule has 1 aromatic carbocycles. The Hall–Kier alpha value is -2.97. The lowest BCUT2D eigenvalue weighted by atomic mass is 10.1. The van der Waals surface area contributed by atoms with Gasteiger partial charge in [0.05, 0.1) is 18.4 Å². The number of para-hydroxylation sites is 1. The highest BCUT2D eigenvalue weighted by Crippen LogP contribution is 2.23. The summed E-state index contributed by atoms with van der Waals surface area (Å²) < 4.78 is 6.66. The van der Waals surface area contributed by atoms with Crippen molar-refractivity contribution in [3.63, 3.8) is 0 Å². The summed E-state index contributed by atoms with van der Waals surface area (Å²) in [5.74, 6) is -0.448. The quantitative estimate of drug-likeness (QED) is 0.632. The number of carbonyl (C=O) groups excluding carboxylic acids is 2. The van der Waals surface area contributed by atoms with Crippen molar-refractivity contribution in [2.24, 2.45) is 0 Å². The van der Waals surface area contributed by atoms with Crippen molar-refractivity contribution in [1.29, 1.82) is 0 Å². The summed E-state index contributed by atoms with van der Waals surface area (Å²) in [5.41, 5.74) is 2.41. The van der Waals surface area contributed by atoms with E-state index in [0.717, 1.165) is 5.56 Å². The first-order valence-corrected chi connectivity index (χ1v) is 10.3. The SMILES string of the molecule is COC(=O)[C@@H]1C[C@@H](NC(=O)c2ccccc2-n2cccn2)CN1Cc1ccsc1. The summed E-state index contributed by atoms with van der Waals surface area (Å²) >= 11 is 1.63. The molecule has 0 saturated carbocycles. The van der Waals surface area contributed by atoms with Crippen molar-refractivity contribution >= 4 is 23.2 Å². The van der Waals surface area contributed by atoms with Gasteiger partial charge in [0.1, 0.15) is 6.04 Å². The molecule has 29 heavy (non-hydrogen) atoms. The number of carbonyl (C=O) groups is 2. The number of likely N-dealkylation sites (tertiary alicyclic amines) is 1. The van der Waals surface area contributed by atoms with Crippen LogP contribution in [-0.4, -0.2) is 52.3 Å². The summed E-state index contributed by atoms with van der Waals surface area (Å²) in [6.45, 7) is 1.24. The number of amides is 1. The van der Waals surface area contributed by atoms with Crippen LogP contribution in [0.2, 0.25) is 0 Å². The summed E-state index contributed by atoms with van der Waals surface area (Å²) in [4.78, 5) is 27.3. The summed E-state index contributed by atoms with van der Waals surface area (Å²) in [5, 5.41) is 11.4. The van der Waals surface area contributed by atoms with Gasteiger partial charge in [0, 0.05) is 31.5 Å². The average molecular weight is 410 g/mol. The number of ether oxygens (including phenoxy) is 1. The van der Waals surface area contributed by atoms with Crippen molar-refractivity contribution in [2.75, 3.05) is 13.7 Å². The van der Waals surface area contributed by atoms with Gasteiger partial charge in [-0.3, -0.25) is 14.5 Å². The maximum atomic E-state index is 13.0. The first-order chi connectivity index (χ1) is 14.2. The second-order valence-electron chi connectivity index (χ2n) is 6.97. The zero-order valence-corrected chi connectivity index (χ0v) is 16.8. The van der Waals surface area contributed by atoms with Crippen LogP contribution in [0.4, 0.5) is 0 Å². The molecule has 1 saturated heterocycles. The Bertz CT molecular complexity index is 972. The molecule has 7 nitrogen and oxygen atoms in total. The third-order valence-corrected chi connectivity index (χ3v) is 5.81. The van der Waals surface area contributed by atoms with Crippen LogP contribution in [-0.2, 0) is 16.1 Å². The van der Waals surface area contributed by atoms with Crippen LogP contribution >= 0.6 is 11.3 Å². The van der Waals surface area contributed by atoms with Crippen LogP contribution < -0.4 is 5.32 Å². The molecule has 0 unspecified atom stereocenters. The maximum absolute atomic E-state index is 13.0. The van der Waals surface area contributed by atoms with Crippen LogP contribution in [0.5, 0.6) is 0 Å². The van der Waals surface area contributed by atoms with E-state index < -0.39 is 0 Å². The molecule has 150 valence electrons. The van der Waals surface area contributed by atoms with Crippen LogP contribution in [0.15, 0.2) is 59.6 Å². The van der Waals surface area contributed by atoms with Gasteiger partial charge in [0.15, 0.2) is 0 Å². The Morgan fingerprint density at radius 1 is 1.28 bits per heavy atom. The number of hydrogen-bond donors (Lipinski definition) is 1. The normalized spacial score (nSPS) is 19.2. The lowest BCUT2D eigenvalue weighted by molar-refractivity contribution is -0.146. The standard InChI is InChI=1S/C21H22N4O3S/c1-28-21(27)19-11-16(13-24(19)12-15-7-10-29-14-15)23-20(26)17-5-2-3-6-18(17)25-9-4-8-22-25/h2-10,14,16,19H,11-13H2,1H3,(H,23,26)/t16-,19+/m1/s1. The van der Waals surface area contributed by atoms with E-state index in [1.54, 1.807) is 34.5 Å². The molecule has 3 heterocycles. The number of rotatable bonds is 6. The topological polar surface area (TPSA) is 76.5 Å². The molecule has 0 aliphatic carbocycles. The number of methoxy groups -OCH3 is 1. The zero-order valence-electron chi connectivity index (χ0n) is 16.0. The molecular formula is C21H22N4O3S. The summed E-state index contributed by atoms with van der Waals surface area (Å²) in [7, 11) is 1.40. The van der Waals surface area contributed by atoms with Gasteiger partial charge in [0.25, 0.3) is 5.91 Å². The molecule has 2 aromatic heterocycles. The van der Waals surface area contributed by atoms with E-state index in [1.165, 1.54) is 7.11 Å². The van der Waals surface area contributed by atoms with Crippen molar-refractivity contribution in [3.8, 4) is 5.69 Å². The molecule has 1 aliphatic rings. The smallest absolute Gasteiger partial charge is 0.323 e. The van der Waals surface area contributed by atoms with Gasteiger partial charge >= 0.3 is 5.97 Å². The van der Waals surface area contributed by atoms with Crippen LogP contribution in [0.3, 0.4) is 0 Å². The Labute approximate surface area is 172 Å². The molecule has 8 heteroatoms. The number of benzene rings is 1. The van der Waals surface area contributed by atoms with Gasteiger partial charge in [-0.1, -0.05) is 12.1 Å². The first-order valence-electron chi connectivity index (χ1n) is 9.38. The molecule has 0 bridgehead atoms. The largest absolute Gasteiger partial charge is 0.468 e. The molecular weight excluding hydrogens is 388 g/mol. The molecule has 1 fully saturated rings. The summed E-state index contributed by atoms with van der Waals surface area (Å²) in [6, 6.07) is 10.7. The maximum Gasteiger partial charge on any atom is 0.323 e. The van der Waals surface area contributed by atoms with E-state index in [1.807, 2.05) is 35.7 Å². The summed E-state index contributed by atoms with van der Waals surface area (Å²) in [6.07, 6.45) is 4.00. The fourth-order valence-corrected chi connectivity index (χ4v) is 4.38. The monoisotopic (exact) mass is 410 g/mol. The number of nitrogens with one attached hydrogen (secondary N) is 1. The van der Waals surface area contributed by atoms with Crippen LogP contribution in [0.1, 0.15) is 22.3 Å². The van der Waals surface area contributed by atoms with Gasteiger partial charge in [-0.25, -0.2) is 4.68 Å². The van der Waals surface area contributed by atoms with E-state index in [4.69, 9.17) is 4.74 Å².